The van der Waals surface area contributed by atoms with Gasteiger partial charge in [0.25, 0.3) is 0 Å². The molecule has 1 heteroatoms. The molecule has 0 aliphatic heterocycles. The minimum absolute atomic E-state index is 0.370. The van der Waals surface area contributed by atoms with Crippen molar-refractivity contribution >= 4 is 0 Å². The van der Waals surface area contributed by atoms with Crippen LogP contribution in [0.4, 0.5) is 0 Å². The van der Waals surface area contributed by atoms with Crippen molar-refractivity contribution in [3.05, 3.63) is 70.8 Å². The lowest BCUT2D eigenvalue weighted by molar-refractivity contribution is 0.0990. The summed E-state index contributed by atoms with van der Waals surface area (Å²) in [4.78, 5) is 0. The molecule has 1 unspecified atom stereocenters. The molecular formula is C33H48O. The van der Waals surface area contributed by atoms with Crippen molar-refractivity contribution in [2.45, 2.75) is 134 Å². The Morgan fingerprint density at radius 2 is 1.12 bits per heavy atom. The van der Waals surface area contributed by atoms with Gasteiger partial charge in [0.1, 0.15) is 0 Å². The van der Waals surface area contributed by atoms with Gasteiger partial charge < -0.3 is 5.11 Å². The predicted molar refractivity (Wildman–Crippen MR) is 146 cm³/mol. The van der Waals surface area contributed by atoms with Crippen molar-refractivity contribution in [3.8, 4) is 0 Å². The van der Waals surface area contributed by atoms with E-state index in [9.17, 15) is 5.11 Å². The van der Waals surface area contributed by atoms with E-state index in [1.807, 2.05) is 0 Å². The van der Waals surface area contributed by atoms with Gasteiger partial charge in [0.15, 0.2) is 0 Å². The summed E-state index contributed by atoms with van der Waals surface area (Å²) in [5.74, 6) is 1.45. The molecule has 2 aromatic rings. The molecule has 34 heavy (non-hydrogen) atoms. The van der Waals surface area contributed by atoms with Crippen LogP contribution < -0.4 is 0 Å². The van der Waals surface area contributed by atoms with Gasteiger partial charge in [-0.2, -0.15) is 0 Å². The van der Waals surface area contributed by atoms with Gasteiger partial charge in [0, 0.05) is 5.41 Å². The maximum absolute atomic E-state index is 11.6. The van der Waals surface area contributed by atoms with Crippen LogP contribution >= 0.6 is 0 Å². The number of unbranched alkanes of at least 4 members (excludes halogenated alkanes) is 3. The van der Waals surface area contributed by atoms with Crippen LogP contribution in [0.5, 0.6) is 0 Å². The number of aliphatic hydroxyl groups excluding tert-OH is 1. The van der Waals surface area contributed by atoms with Gasteiger partial charge in [0.05, 0.1) is 6.10 Å². The molecule has 0 spiro atoms. The molecule has 2 aromatic carbocycles. The molecule has 4 rings (SSSR count). The first-order chi connectivity index (χ1) is 16.6. The van der Waals surface area contributed by atoms with Crippen LogP contribution in [0.1, 0.15) is 144 Å². The number of benzene rings is 2. The molecule has 1 N–H and O–H groups in total. The van der Waals surface area contributed by atoms with Crippen molar-refractivity contribution in [1.82, 2.24) is 0 Å². The van der Waals surface area contributed by atoms with Crippen LogP contribution in [0, 0.1) is 0 Å². The van der Waals surface area contributed by atoms with E-state index in [1.165, 1.54) is 106 Å². The van der Waals surface area contributed by atoms with E-state index in [2.05, 4.69) is 62.4 Å². The quantitative estimate of drug-likeness (QED) is 0.350. The second-order valence-electron chi connectivity index (χ2n) is 11.5. The second-order valence-corrected chi connectivity index (χ2v) is 11.5. The van der Waals surface area contributed by atoms with Crippen molar-refractivity contribution < 1.29 is 5.11 Å². The van der Waals surface area contributed by atoms with Gasteiger partial charge in [-0.15, -0.1) is 0 Å². The first kappa shape index (κ1) is 25.5. The van der Waals surface area contributed by atoms with Gasteiger partial charge in [-0.25, -0.2) is 0 Å². The summed E-state index contributed by atoms with van der Waals surface area (Å²) in [5.41, 5.74) is 5.15. The number of rotatable bonds is 10. The third kappa shape index (κ3) is 5.96. The Labute approximate surface area is 209 Å². The first-order valence-corrected chi connectivity index (χ1v) is 14.5. The van der Waals surface area contributed by atoms with E-state index in [0.717, 1.165) is 24.7 Å². The highest BCUT2D eigenvalue weighted by molar-refractivity contribution is 5.43. The van der Waals surface area contributed by atoms with Gasteiger partial charge in [0.2, 0.25) is 0 Å². The van der Waals surface area contributed by atoms with Gasteiger partial charge >= 0.3 is 0 Å². The smallest absolute Gasteiger partial charge is 0.0674 e. The zero-order valence-corrected chi connectivity index (χ0v) is 21.9. The molecule has 2 fully saturated rings. The number of aliphatic hydroxyl groups is 1. The Morgan fingerprint density at radius 1 is 0.676 bits per heavy atom. The minimum atomic E-state index is -0.373. The third-order valence-corrected chi connectivity index (χ3v) is 9.17. The molecule has 0 amide bonds. The van der Waals surface area contributed by atoms with Crippen LogP contribution in [-0.2, 0) is 5.41 Å². The van der Waals surface area contributed by atoms with E-state index >= 15 is 0 Å². The summed E-state index contributed by atoms with van der Waals surface area (Å²) >= 11 is 0. The van der Waals surface area contributed by atoms with E-state index in [4.69, 9.17) is 0 Å². The van der Waals surface area contributed by atoms with E-state index in [1.54, 1.807) is 0 Å². The highest BCUT2D eigenvalue weighted by Gasteiger charge is 2.36. The van der Waals surface area contributed by atoms with Crippen molar-refractivity contribution in [3.63, 3.8) is 0 Å². The van der Waals surface area contributed by atoms with Crippen molar-refractivity contribution in [1.29, 1.82) is 0 Å². The topological polar surface area (TPSA) is 20.2 Å². The molecule has 2 saturated carbocycles. The van der Waals surface area contributed by atoms with Crippen LogP contribution in [0.25, 0.3) is 0 Å². The zero-order valence-electron chi connectivity index (χ0n) is 21.9. The Hall–Kier alpha value is -1.60. The second kappa shape index (κ2) is 12.4. The average Bonchev–Trinajstić information content (AvgIpc) is 2.92. The molecule has 2 aliphatic rings. The van der Waals surface area contributed by atoms with Gasteiger partial charge in [-0.1, -0.05) is 120 Å². The first-order valence-electron chi connectivity index (χ1n) is 14.5. The summed E-state index contributed by atoms with van der Waals surface area (Å²) in [6.07, 6.45) is 18.9. The molecule has 1 atom stereocenters. The molecule has 0 aromatic heterocycles. The Kier molecular flexibility index (Phi) is 9.29. The maximum Gasteiger partial charge on any atom is 0.0674 e. The van der Waals surface area contributed by atoms with Gasteiger partial charge in [-0.05, 0) is 73.1 Å². The lowest BCUT2D eigenvalue weighted by atomic mass is 9.69. The lowest BCUT2D eigenvalue weighted by Crippen LogP contribution is -2.38. The standard InChI is InChI=1S/C33H48O/c1-3-4-5-12-17-32(34)33(2,30-22-18-28(19-23-30)26-13-8-6-9-14-26)31-24-20-29(21-25-31)27-15-10-7-11-16-27/h18-27,32,34H,3-17H2,1-2H3. The summed E-state index contributed by atoms with van der Waals surface area (Å²) in [5, 5.41) is 11.6. The highest BCUT2D eigenvalue weighted by Crippen LogP contribution is 2.41. The summed E-state index contributed by atoms with van der Waals surface area (Å²) in [7, 11) is 0. The van der Waals surface area contributed by atoms with Crippen LogP contribution in [-0.4, -0.2) is 11.2 Å². The Morgan fingerprint density at radius 3 is 1.53 bits per heavy atom. The average molecular weight is 461 g/mol. The molecule has 2 aliphatic carbocycles. The fourth-order valence-electron chi connectivity index (χ4n) is 6.68. The number of hydrogen-bond donors (Lipinski definition) is 1. The molecular weight excluding hydrogens is 412 g/mol. The molecule has 1 nitrogen and oxygen atoms in total. The van der Waals surface area contributed by atoms with Gasteiger partial charge in [-0.3, -0.25) is 0 Å². The number of hydrogen-bond acceptors (Lipinski definition) is 1. The van der Waals surface area contributed by atoms with Crippen molar-refractivity contribution in [2.75, 3.05) is 0 Å². The van der Waals surface area contributed by atoms with Crippen LogP contribution in [0.3, 0.4) is 0 Å². The van der Waals surface area contributed by atoms with Crippen LogP contribution in [0.15, 0.2) is 48.5 Å². The zero-order chi connectivity index (χ0) is 23.8. The molecule has 0 radical (unpaired) electrons. The normalized spacial score (nSPS) is 19.3. The monoisotopic (exact) mass is 460 g/mol. The largest absolute Gasteiger partial charge is 0.392 e. The Balaban J connectivity index is 1.58. The maximum atomic E-state index is 11.6. The van der Waals surface area contributed by atoms with E-state index < -0.39 is 0 Å². The molecule has 0 saturated heterocycles. The SMILES string of the molecule is CCCCCCC(O)C(C)(c1ccc(C2CCCCC2)cc1)c1ccc(C2CCCCC2)cc1. The fourth-order valence-corrected chi connectivity index (χ4v) is 6.68. The Bertz CT molecular complexity index is 776. The molecule has 186 valence electrons. The fraction of sp³-hybridized carbons (Fsp3) is 0.636. The van der Waals surface area contributed by atoms with Crippen LogP contribution in [0.2, 0.25) is 0 Å². The lowest BCUT2D eigenvalue weighted by Gasteiger charge is -2.37. The predicted octanol–water partition coefficient (Wildman–Crippen LogP) is 9.42. The summed E-state index contributed by atoms with van der Waals surface area (Å²) in [6, 6.07) is 18.8. The van der Waals surface area contributed by atoms with E-state index in [-0.39, 0.29) is 11.5 Å². The summed E-state index contributed by atoms with van der Waals surface area (Å²) < 4.78 is 0. The third-order valence-electron chi connectivity index (χ3n) is 9.17. The molecule has 0 heterocycles. The van der Waals surface area contributed by atoms with Crippen molar-refractivity contribution in [2.24, 2.45) is 0 Å². The highest BCUT2D eigenvalue weighted by atomic mass is 16.3. The summed E-state index contributed by atoms with van der Waals surface area (Å²) in [6.45, 7) is 4.53. The van der Waals surface area contributed by atoms with E-state index in [0.29, 0.717) is 0 Å². The minimum Gasteiger partial charge on any atom is -0.392 e. The molecule has 0 bridgehead atoms.